The highest BCUT2D eigenvalue weighted by molar-refractivity contribution is 5.76. The monoisotopic (exact) mass is 338 g/mol. The fourth-order valence-corrected chi connectivity index (χ4v) is 4.17. The molecule has 1 aliphatic carbocycles. The molecule has 1 amide bonds. The standard InChI is InChI=1S/C21H26N2O2/c24-21(10-9-20-6-3-15-25-20)23-13-11-22(12-14-23)19-8-7-17-4-1-2-5-18(17)16-19/h1-6,15,19H,7-14,16H2/t19-/m1/s1. The van der Waals surface area contributed by atoms with E-state index in [0.29, 0.717) is 18.9 Å². The number of fused-ring (bicyclic) bond motifs is 1. The highest BCUT2D eigenvalue weighted by Crippen LogP contribution is 2.25. The second kappa shape index (κ2) is 7.44. The third-order valence-electron chi connectivity index (χ3n) is 5.67. The number of hydrogen-bond acceptors (Lipinski definition) is 3. The van der Waals surface area contributed by atoms with Gasteiger partial charge in [-0.15, -0.1) is 0 Å². The number of rotatable bonds is 4. The van der Waals surface area contributed by atoms with Gasteiger partial charge in [-0.3, -0.25) is 9.69 Å². The zero-order valence-corrected chi connectivity index (χ0v) is 14.7. The molecule has 4 heteroatoms. The largest absolute Gasteiger partial charge is 0.469 e. The van der Waals surface area contributed by atoms with E-state index in [1.165, 1.54) is 24.0 Å². The van der Waals surface area contributed by atoms with Crippen LogP contribution in [0.1, 0.15) is 29.7 Å². The third-order valence-corrected chi connectivity index (χ3v) is 5.67. The maximum absolute atomic E-state index is 12.4. The van der Waals surface area contributed by atoms with E-state index < -0.39 is 0 Å². The van der Waals surface area contributed by atoms with Gasteiger partial charge in [0, 0.05) is 45.1 Å². The van der Waals surface area contributed by atoms with E-state index in [4.69, 9.17) is 4.42 Å². The van der Waals surface area contributed by atoms with Gasteiger partial charge < -0.3 is 9.32 Å². The Hall–Kier alpha value is -2.07. The fourth-order valence-electron chi connectivity index (χ4n) is 4.17. The van der Waals surface area contributed by atoms with Crippen molar-refractivity contribution in [2.75, 3.05) is 26.2 Å². The van der Waals surface area contributed by atoms with Gasteiger partial charge in [-0.1, -0.05) is 24.3 Å². The first-order valence-electron chi connectivity index (χ1n) is 9.40. The van der Waals surface area contributed by atoms with Crippen LogP contribution in [-0.4, -0.2) is 47.9 Å². The zero-order chi connectivity index (χ0) is 17.1. The predicted molar refractivity (Wildman–Crippen MR) is 97.4 cm³/mol. The van der Waals surface area contributed by atoms with Crippen molar-refractivity contribution in [2.24, 2.45) is 0 Å². The Morgan fingerprint density at radius 2 is 1.84 bits per heavy atom. The number of amides is 1. The summed E-state index contributed by atoms with van der Waals surface area (Å²) in [5, 5.41) is 0. The molecule has 0 radical (unpaired) electrons. The molecule has 0 saturated carbocycles. The number of carbonyl (C=O) groups is 1. The molecular weight excluding hydrogens is 312 g/mol. The summed E-state index contributed by atoms with van der Waals surface area (Å²) in [4.78, 5) is 17.0. The minimum Gasteiger partial charge on any atom is -0.469 e. The second-order valence-corrected chi connectivity index (χ2v) is 7.16. The van der Waals surface area contributed by atoms with Gasteiger partial charge in [0.15, 0.2) is 0 Å². The average Bonchev–Trinajstić information content (AvgIpc) is 3.19. The topological polar surface area (TPSA) is 36.7 Å². The Bertz CT molecular complexity index is 702. The van der Waals surface area contributed by atoms with Gasteiger partial charge in [-0.2, -0.15) is 0 Å². The Morgan fingerprint density at radius 3 is 2.60 bits per heavy atom. The normalized spacial score (nSPS) is 21.1. The van der Waals surface area contributed by atoms with E-state index in [2.05, 4.69) is 29.2 Å². The first-order chi connectivity index (χ1) is 12.3. The average molecular weight is 338 g/mol. The molecule has 2 aliphatic rings. The lowest BCUT2D eigenvalue weighted by atomic mass is 9.87. The van der Waals surface area contributed by atoms with Crippen LogP contribution >= 0.6 is 0 Å². The molecule has 0 spiro atoms. The molecule has 1 saturated heterocycles. The summed E-state index contributed by atoms with van der Waals surface area (Å²) >= 11 is 0. The van der Waals surface area contributed by atoms with Gasteiger partial charge in [-0.25, -0.2) is 0 Å². The molecule has 1 aliphatic heterocycles. The summed E-state index contributed by atoms with van der Waals surface area (Å²) in [6.07, 6.45) is 6.49. The summed E-state index contributed by atoms with van der Waals surface area (Å²) in [5.74, 6) is 1.15. The van der Waals surface area contributed by atoms with Crippen molar-refractivity contribution in [2.45, 2.75) is 38.1 Å². The van der Waals surface area contributed by atoms with Gasteiger partial charge in [-0.05, 0) is 42.5 Å². The van der Waals surface area contributed by atoms with Crippen molar-refractivity contribution < 1.29 is 9.21 Å². The number of piperazine rings is 1. The summed E-state index contributed by atoms with van der Waals surface area (Å²) in [7, 11) is 0. The molecule has 0 bridgehead atoms. The lowest BCUT2D eigenvalue weighted by molar-refractivity contribution is -0.133. The second-order valence-electron chi connectivity index (χ2n) is 7.16. The highest BCUT2D eigenvalue weighted by atomic mass is 16.3. The van der Waals surface area contributed by atoms with E-state index >= 15 is 0 Å². The smallest absolute Gasteiger partial charge is 0.223 e. The van der Waals surface area contributed by atoms with Crippen molar-refractivity contribution in [3.8, 4) is 0 Å². The van der Waals surface area contributed by atoms with E-state index in [-0.39, 0.29) is 5.91 Å². The molecule has 1 aromatic heterocycles. The van der Waals surface area contributed by atoms with Crippen LogP contribution in [-0.2, 0) is 24.1 Å². The first-order valence-corrected chi connectivity index (χ1v) is 9.40. The van der Waals surface area contributed by atoms with Gasteiger partial charge in [0.05, 0.1) is 6.26 Å². The van der Waals surface area contributed by atoms with Crippen LogP contribution in [0.2, 0.25) is 0 Å². The SMILES string of the molecule is O=C(CCc1ccco1)N1CCN([C@@H]2CCc3ccccc3C2)CC1. The highest BCUT2D eigenvalue weighted by Gasteiger charge is 2.28. The predicted octanol–water partition coefficient (Wildman–Crippen LogP) is 2.91. The summed E-state index contributed by atoms with van der Waals surface area (Å²) in [5.41, 5.74) is 3.03. The number of aryl methyl sites for hydroxylation is 2. The zero-order valence-electron chi connectivity index (χ0n) is 14.7. The molecule has 4 rings (SSSR count). The molecule has 0 N–H and O–H groups in total. The van der Waals surface area contributed by atoms with Crippen LogP contribution in [0.5, 0.6) is 0 Å². The summed E-state index contributed by atoms with van der Waals surface area (Å²) in [6.45, 7) is 3.71. The number of carbonyl (C=O) groups excluding carboxylic acids is 1. The maximum Gasteiger partial charge on any atom is 0.223 e. The Labute approximate surface area is 149 Å². The Morgan fingerprint density at radius 1 is 1.04 bits per heavy atom. The minimum atomic E-state index is 0.255. The fraction of sp³-hybridized carbons (Fsp3) is 0.476. The summed E-state index contributed by atoms with van der Waals surface area (Å²) in [6, 6.07) is 13.3. The summed E-state index contributed by atoms with van der Waals surface area (Å²) < 4.78 is 5.32. The van der Waals surface area contributed by atoms with Gasteiger partial charge >= 0.3 is 0 Å². The van der Waals surface area contributed by atoms with Crippen LogP contribution in [0, 0.1) is 0 Å². The van der Waals surface area contributed by atoms with E-state index in [1.807, 2.05) is 17.0 Å². The van der Waals surface area contributed by atoms with Gasteiger partial charge in [0.1, 0.15) is 5.76 Å². The first kappa shape index (κ1) is 16.4. The molecule has 25 heavy (non-hydrogen) atoms. The van der Waals surface area contributed by atoms with Crippen molar-refractivity contribution >= 4 is 5.91 Å². The van der Waals surface area contributed by atoms with Crippen molar-refractivity contribution in [3.05, 3.63) is 59.5 Å². The van der Waals surface area contributed by atoms with Crippen molar-refractivity contribution in [3.63, 3.8) is 0 Å². The molecule has 2 heterocycles. The van der Waals surface area contributed by atoms with Crippen LogP contribution in [0.4, 0.5) is 0 Å². The maximum atomic E-state index is 12.4. The minimum absolute atomic E-state index is 0.255. The molecule has 2 aromatic rings. The molecule has 1 atom stereocenters. The van der Waals surface area contributed by atoms with Gasteiger partial charge in [0.25, 0.3) is 0 Å². The van der Waals surface area contributed by atoms with Crippen molar-refractivity contribution in [1.82, 2.24) is 9.80 Å². The Kier molecular flexibility index (Phi) is 4.88. The number of furan rings is 1. The molecule has 132 valence electrons. The van der Waals surface area contributed by atoms with Crippen LogP contribution in [0.25, 0.3) is 0 Å². The molecule has 0 unspecified atom stereocenters. The third kappa shape index (κ3) is 3.79. The van der Waals surface area contributed by atoms with E-state index in [9.17, 15) is 4.79 Å². The molecule has 1 aromatic carbocycles. The van der Waals surface area contributed by atoms with E-state index in [0.717, 1.165) is 38.4 Å². The lowest BCUT2D eigenvalue weighted by Gasteiger charge is -2.41. The quantitative estimate of drug-likeness (QED) is 0.860. The van der Waals surface area contributed by atoms with E-state index in [1.54, 1.807) is 6.26 Å². The molecule has 1 fully saturated rings. The van der Waals surface area contributed by atoms with Crippen LogP contribution in [0.3, 0.4) is 0 Å². The number of nitrogens with zero attached hydrogens (tertiary/aromatic N) is 2. The number of benzene rings is 1. The lowest BCUT2D eigenvalue weighted by Crippen LogP contribution is -2.53. The molecule has 4 nitrogen and oxygen atoms in total. The van der Waals surface area contributed by atoms with Crippen LogP contribution in [0.15, 0.2) is 47.1 Å². The molecular formula is C21H26N2O2. The van der Waals surface area contributed by atoms with Gasteiger partial charge in [0.2, 0.25) is 5.91 Å². The Balaban J connectivity index is 1.26. The van der Waals surface area contributed by atoms with Crippen molar-refractivity contribution in [1.29, 1.82) is 0 Å². The van der Waals surface area contributed by atoms with Crippen LogP contribution < -0.4 is 0 Å². The number of hydrogen-bond donors (Lipinski definition) is 0.